The molecule has 0 saturated carbocycles. The van der Waals surface area contributed by atoms with Crippen LogP contribution in [0, 0.1) is 0 Å². The maximum absolute atomic E-state index is 11.1. The Labute approximate surface area is 107 Å². The Bertz CT molecular complexity index is 426. The summed E-state index contributed by atoms with van der Waals surface area (Å²) in [7, 11) is 0. The van der Waals surface area contributed by atoms with E-state index in [1.807, 2.05) is 24.3 Å². The number of halogens is 1. The largest absolute Gasteiger partial charge is 0.478 e. The molecule has 2 N–H and O–H groups in total. The second-order valence-electron chi connectivity index (χ2n) is 3.34. The molecule has 90 valence electrons. The monoisotopic (exact) mass is 297 g/mol. The van der Waals surface area contributed by atoms with Gasteiger partial charge >= 0.3 is 5.97 Å². The lowest BCUT2D eigenvalue weighted by atomic mass is 10.1. The molecule has 0 saturated heterocycles. The zero-order valence-corrected chi connectivity index (χ0v) is 10.6. The second kappa shape index (κ2) is 6.85. The lowest BCUT2D eigenvalue weighted by Crippen LogP contribution is -2.23. The summed E-state index contributed by atoms with van der Waals surface area (Å²) < 4.78 is 1.01. The summed E-state index contributed by atoms with van der Waals surface area (Å²) in [6.07, 6.45) is 2.53. The number of carboxylic acids is 1. The van der Waals surface area contributed by atoms with E-state index in [0.717, 1.165) is 22.2 Å². The van der Waals surface area contributed by atoms with E-state index in [1.54, 1.807) is 0 Å². The highest BCUT2D eigenvalue weighted by atomic mass is 79.9. The van der Waals surface area contributed by atoms with Crippen LogP contribution in [-0.4, -0.2) is 23.5 Å². The molecule has 0 aliphatic rings. The zero-order chi connectivity index (χ0) is 12.7. The van der Waals surface area contributed by atoms with E-state index >= 15 is 0 Å². The lowest BCUT2D eigenvalue weighted by molar-refractivity contribution is -0.131. The van der Waals surface area contributed by atoms with Crippen LogP contribution in [0.4, 0.5) is 0 Å². The number of benzene rings is 1. The van der Waals surface area contributed by atoms with Crippen molar-refractivity contribution in [1.82, 2.24) is 5.32 Å². The van der Waals surface area contributed by atoms with Gasteiger partial charge in [-0.05, 0) is 24.1 Å². The van der Waals surface area contributed by atoms with Gasteiger partial charge in [-0.3, -0.25) is 4.79 Å². The first-order valence-electron chi connectivity index (χ1n) is 5.01. The van der Waals surface area contributed by atoms with Crippen molar-refractivity contribution in [3.05, 3.63) is 46.5 Å². The van der Waals surface area contributed by atoms with Gasteiger partial charge in [0.15, 0.2) is 0 Å². The van der Waals surface area contributed by atoms with Gasteiger partial charge in [-0.1, -0.05) is 28.1 Å². The number of carbonyl (C=O) groups excluding carboxylic acids is 1. The molecule has 0 heterocycles. The minimum absolute atomic E-state index is 0.399. The van der Waals surface area contributed by atoms with Crippen LogP contribution in [0.5, 0.6) is 0 Å². The Hall–Kier alpha value is -1.62. The minimum Gasteiger partial charge on any atom is -0.478 e. The Morgan fingerprint density at radius 3 is 2.47 bits per heavy atom. The van der Waals surface area contributed by atoms with Crippen molar-refractivity contribution in [2.75, 3.05) is 6.54 Å². The summed E-state index contributed by atoms with van der Waals surface area (Å²) in [5, 5.41) is 10.9. The SMILES string of the molecule is O=C(O)/C=C\C(=O)NCCc1ccc(Br)cc1. The van der Waals surface area contributed by atoms with Crippen molar-refractivity contribution in [3.63, 3.8) is 0 Å². The van der Waals surface area contributed by atoms with Crippen LogP contribution in [-0.2, 0) is 16.0 Å². The molecule has 1 amide bonds. The van der Waals surface area contributed by atoms with Gasteiger partial charge in [0.05, 0.1) is 0 Å². The van der Waals surface area contributed by atoms with Crippen molar-refractivity contribution >= 4 is 27.8 Å². The molecule has 1 aromatic carbocycles. The van der Waals surface area contributed by atoms with Gasteiger partial charge in [0.25, 0.3) is 0 Å². The summed E-state index contributed by atoms with van der Waals surface area (Å²) in [6.45, 7) is 0.477. The van der Waals surface area contributed by atoms with Crippen LogP contribution < -0.4 is 5.32 Å². The molecular formula is C12H12BrNO3. The molecule has 0 unspecified atom stereocenters. The molecule has 0 atom stereocenters. The van der Waals surface area contributed by atoms with Gasteiger partial charge in [0.2, 0.25) is 5.91 Å². The predicted octanol–water partition coefficient (Wildman–Crippen LogP) is 1.75. The van der Waals surface area contributed by atoms with Crippen LogP contribution in [0.15, 0.2) is 40.9 Å². The molecular weight excluding hydrogens is 286 g/mol. The zero-order valence-electron chi connectivity index (χ0n) is 9.02. The molecule has 1 aromatic rings. The molecule has 5 heteroatoms. The van der Waals surface area contributed by atoms with Crippen LogP contribution >= 0.6 is 15.9 Å². The summed E-state index contributed by atoms with van der Waals surface area (Å²) >= 11 is 3.34. The maximum atomic E-state index is 11.1. The smallest absolute Gasteiger partial charge is 0.328 e. The molecule has 1 rings (SSSR count). The van der Waals surface area contributed by atoms with E-state index < -0.39 is 11.9 Å². The topological polar surface area (TPSA) is 66.4 Å². The fourth-order valence-corrected chi connectivity index (χ4v) is 1.45. The Morgan fingerprint density at radius 1 is 1.24 bits per heavy atom. The number of nitrogens with one attached hydrogen (secondary N) is 1. The minimum atomic E-state index is -1.13. The number of rotatable bonds is 5. The van der Waals surface area contributed by atoms with Crippen molar-refractivity contribution in [1.29, 1.82) is 0 Å². The molecule has 0 spiro atoms. The van der Waals surface area contributed by atoms with Crippen molar-refractivity contribution in [2.45, 2.75) is 6.42 Å². The highest BCUT2D eigenvalue weighted by Gasteiger charge is 1.97. The van der Waals surface area contributed by atoms with E-state index in [1.165, 1.54) is 0 Å². The Balaban J connectivity index is 2.30. The van der Waals surface area contributed by atoms with Crippen molar-refractivity contribution in [3.8, 4) is 0 Å². The number of carbonyl (C=O) groups is 2. The molecule has 0 aliphatic heterocycles. The van der Waals surface area contributed by atoms with Gasteiger partial charge < -0.3 is 10.4 Å². The third-order valence-corrected chi connectivity index (χ3v) is 2.53. The third-order valence-electron chi connectivity index (χ3n) is 2.00. The van der Waals surface area contributed by atoms with Crippen molar-refractivity contribution < 1.29 is 14.7 Å². The predicted molar refractivity (Wildman–Crippen MR) is 67.6 cm³/mol. The first-order chi connectivity index (χ1) is 8.08. The number of hydrogen-bond donors (Lipinski definition) is 2. The van der Waals surface area contributed by atoms with Crippen molar-refractivity contribution in [2.24, 2.45) is 0 Å². The van der Waals surface area contributed by atoms with E-state index in [9.17, 15) is 9.59 Å². The van der Waals surface area contributed by atoms with Crippen LogP contribution in [0.1, 0.15) is 5.56 Å². The standard InChI is InChI=1S/C12H12BrNO3/c13-10-3-1-9(2-4-10)7-8-14-11(15)5-6-12(16)17/h1-6H,7-8H2,(H,14,15)(H,16,17)/b6-5-. The number of hydrogen-bond acceptors (Lipinski definition) is 2. The van der Waals surface area contributed by atoms with E-state index in [4.69, 9.17) is 5.11 Å². The average Bonchev–Trinajstić information content (AvgIpc) is 2.29. The van der Waals surface area contributed by atoms with Gasteiger partial charge in [0.1, 0.15) is 0 Å². The van der Waals surface area contributed by atoms with E-state index in [-0.39, 0.29) is 0 Å². The molecule has 0 aliphatic carbocycles. The fraction of sp³-hybridized carbons (Fsp3) is 0.167. The number of aliphatic carboxylic acids is 1. The van der Waals surface area contributed by atoms with Crippen LogP contribution in [0.3, 0.4) is 0 Å². The van der Waals surface area contributed by atoms with Gasteiger partial charge in [-0.2, -0.15) is 0 Å². The quantitative estimate of drug-likeness (QED) is 0.814. The number of carboxylic acid groups (broad SMARTS) is 1. The summed E-state index contributed by atoms with van der Waals surface area (Å²) in [4.78, 5) is 21.3. The average molecular weight is 298 g/mol. The summed E-state index contributed by atoms with van der Waals surface area (Å²) in [6, 6.07) is 7.79. The number of amides is 1. The van der Waals surface area contributed by atoms with Gasteiger partial charge in [0, 0.05) is 23.2 Å². The normalized spacial score (nSPS) is 10.4. The maximum Gasteiger partial charge on any atom is 0.328 e. The molecule has 0 fully saturated rings. The molecule has 0 radical (unpaired) electrons. The summed E-state index contributed by atoms with van der Waals surface area (Å²) in [5.74, 6) is -1.53. The van der Waals surface area contributed by atoms with Crippen LogP contribution in [0.25, 0.3) is 0 Å². The Kier molecular flexibility index (Phi) is 5.42. The fourth-order valence-electron chi connectivity index (χ4n) is 1.19. The molecule has 4 nitrogen and oxygen atoms in total. The first-order valence-corrected chi connectivity index (χ1v) is 5.80. The van der Waals surface area contributed by atoms with E-state index in [0.29, 0.717) is 13.0 Å². The highest BCUT2D eigenvalue weighted by molar-refractivity contribution is 9.10. The molecule has 0 bridgehead atoms. The molecule has 0 aromatic heterocycles. The van der Waals surface area contributed by atoms with Gasteiger partial charge in [-0.15, -0.1) is 0 Å². The second-order valence-corrected chi connectivity index (χ2v) is 4.25. The first kappa shape index (κ1) is 13.4. The van der Waals surface area contributed by atoms with Gasteiger partial charge in [-0.25, -0.2) is 4.79 Å². The lowest BCUT2D eigenvalue weighted by Gasteiger charge is -2.02. The van der Waals surface area contributed by atoms with E-state index in [2.05, 4.69) is 21.2 Å². The summed E-state index contributed by atoms with van der Waals surface area (Å²) in [5.41, 5.74) is 1.11. The Morgan fingerprint density at radius 2 is 1.88 bits per heavy atom. The van der Waals surface area contributed by atoms with Crippen LogP contribution in [0.2, 0.25) is 0 Å². The molecule has 17 heavy (non-hydrogen) atoms. The highest BCUT2D eigenvalue weighted by Crippen LogP contribution is 2.10. The third kappa shape index (κ3) is 5.87.